The highest BCUT2D eigenvalue weighted by Crippen LogP contribution is 2.13. The molecule has 0 saturated carbocycles. The Balaban J connectivity index is 1.82. The Morgan fingerprint density at radius 3 is 2.53 bits per heavy atom. The summed E-state index contributed by atoms with van der Waals surface area (Å²) in [5.41, 5.74) is 2.15. The van der Waals surface area contributed by atoms with Crippen molar-refractivity contribution in [2.75, 3.05) is 6.61 Å². The van der Waals surface area contributed by atoms with E-state index in [1.165, 1.54) is 0 Å². The minimum atomic E-state index is 0.536. The number of hydrogen-bond donors (Lipinski definition) is 0. The smallest absolute Gasteiger partial charge is 0.119 e. The highest BCUT2D eigenvalue weighted by molar-refractivity contribution is 6.17. The summed E-state index contributed by atoms with van der Waals surface area (Å²) in [6, 6.07) is 13.7. The SMILES string of the molecule is ClCc1ccc(OCCc2ccccn2)cc1. The number of alkyl halides is 1. The summed E-state index contributed by atoms with van der Waals surface area (Å²) in [6.45, 7) is 0.636. The number of halogens is 1. The summed E-state index contributed by atoms with van der Waals surface area (Å²) in [6.07, 6.45) is 2.61. The van der Waals surface area contributed by atoms with Crippen LogP contribution in [-0.4, -0.2) is 11.6 Å². The van der Waals surface area contributed by atoms with Gasteiger partial charge in [-0.1, -0.05) is 18.2 Å². The van der Waals surface area contributed by atoms with Crippen molar-refractivity contribution in [2.45, 2.75) is 12.3 Å². The van der Waals surface area contributed by atoms with Crippen LogP contribution in [0.3, 0.4) is 0 Å². The van der Waals surface area contributed by atoms with E-state index in [2.05, 4.69) is 4.98 Å². The molecule has 3 heteroatoms. The lowest BCUT2D eigenvalue weighted by Gasteiger charge is -2.06. The van der Waals surface area contributed by atoms with Crippen molar-refractivity contribution in [3.05, 3.63) is 59.9 Å². The molecular weight excluding hydrogens is 234 g/mol. The van der Waals surface area contributed by atoms with Crippen LogP contribution in [0.1, 0.15) is 11.3 Å². The molecule has 0 N–H and O–H groups in total. The molecule has 0 aliphatic heterocycles. The summed E-state index contributed by atoms with van der Waals surface area (Å²) in [5, 5.41) is 0. The van der Waals surface area contributed by atoms with Crippen molar-refractivity contribution >= 4 is 11.6 Å². The molecule has 88 valence electrons. The molecule has 2 nitrogen and oxygen atoms in total. The summed E-state index contributed by atoms with van der Waals surface area (Å²) >= 11 is 5.71. The molecule has 0 amide bonds. The van der Waals surface area contributed by atoms with Crippen molar-refractivity contribution in [3.63, 3.8) is 0 Å². The monoisotopic (exact) mass is 247 g/mol. The first-order valence-electron chi connectivity index (χ1n) is 5.56. The minimum absolute atomic E-state index is 0.536. The topological polar surface area (TPSA) is 22.1 Å². The Kier molecular flexibility index (Phi) is 4.39. The molecule has 2 rings (SSSR count). The van der Waals surface area contributed by atoms with Crippen LogP contribution in [0.2, 0.25) is 0 Å². The molecular formula is C14H14ClNO. The van der Waals surface area contributed by atoms with Gasteiger partial charge >= 0.3 is 0 Å². The number of aromatic nitrogens is 1. The van der Waals surface area contributed by atoms with Crippen LogP contribution < -0.4 is 4.74 Å². The van der Waals surface area contributed by atoms with Gasteiger partial charge < -0.3 is 4.74 Å². The fourth-order valence-electron chi connectivity index (χ4n) is 1.49. The van der Waals surface area contributed by atoms with Gasteiger partial charge in [-0.3, -0.25) is 4.98 Å². The molecule has 1 aromatic heterocycles. The second-order valence-corrected chi connectivity index (χ2v) is 3.96. The number of nitrogens with zero attached hydrogens (tertiary/aromatic N) is 1. The first-order valence-corrected chi connectivity index (χ1v) is 6.09. The van der Waals surface area contributed by atoms with E-state index < -0.39 is 0 Å². The van der Waals surface area contributed by atoms with Gasteiger partial charge in [0.05, 0.1) is 6.61 Å². The first kappa shape index (κ1) is 11.9. The van der Waals surface area contributed by atoms with Crippen LogP contribution in [0.5, 0.6) is 5.75 Å². The maximum atomic E-state index is 5.71. The number of hydrogen-bond acceptors (Lipinski definition) is 2. The standard InChI is InChI=1S/C14H14ClNO/c15-11-12-4-6-14(7-5-12)17-10-8-13-3-1-2-9-16-13/h1-7,9H,8,10-11H2. The van der Waals surface area contributed by atoms with E-state index in [-0.39, 0.29) is 0 Å². The van der Waals surface area contributed by atoms with Gasteiger partial charge in [-0.05, 0) is 29.8 Å². The highest BCUT2D eigenvalue weighted by atomic mass is 35.5. The molecule has 17 heavy (non-hydrogen) atoms. The Morgan fingerprint density at radius 2 is 1.88 bits per heavy atom. The van der Waals surface area contributed by atoms with Crippen LogP contribution >= 0.6 is 11.6 Å². The lowest BCUT2D eigenvalue weighted by molar-refractivity contribution is 0.320. The lowest BCUT2D eigenvalue weighted by Crippen LogP contribution is -2.02. The van der Waals surface area contributed by atoms with Gasteiger partial charge in [0.2, 0.25) is 0 Å². The number of benzene rings is 1. The molecule has 0 radical (unpaired) electrons. The molecule has 2 aromatic rings. The first-order chi connectivity index (χ1) is 8.38. The van der Waals surface area contributed by atoms with E-state index in [9.17, 15) is 0 Å². The predicted octanol–water partition coefficient (Wildman–Crippen LogP) is 3.44. The van der Waals surface area contributed by atoms with Gasteiger partial charge in [-0.25, -0.2) is 0 Å². The van der Waals surface area contributed by atoms with Gasteiger partial charge in [0.25, 0.3) is 0 Å². The van der Waals surface area contributed by atoms with E-state index in [1.807, 2.05) is 42.5 Å². The molecule has 0 aliphatic rings. The zero-order valence-electron chi connectivity index (χ0n) is 9.47. The number of pyridine rings is 1. The molecule has 0 aliphatic carbocycles. The van der Waals surface area contributed by atoms with E-state index in [1.54, 1.807) is 6.20 Å². The summed E-state index contributed by atoms with van der Waals surface area (Å²) in [5.74, 6) is 1.41. The zero-order chi connectivity index (χ0) is 11.9. The third-order valence-electron chi connectivity index (χ3n) is 2.43. The van der Waals surface area contributed by atoms with Crippen molar-refractivity contribution in [2.24, 2.45) is 0 Å². The van der Waals surface area contributed by atoms with Gasteiger partial charge in [-0.2, -0.15) is 0 Å². The fraction of sp³-hybridized carbons (Fsp3) is 0.214. The minimum Gasteiger partial charge on any atom is -0.493 e. The average molecular weight is 248 g/mol. The maximum absolute atomic E-state index is 5.71. The van der Waals surface area contributed by atoms with Gasteiger partial charge in [0.1, 0.15) is 5.75 Å². The number of rotatable bonds is 5. The van der Waals surface area contributed by atoms with Crippen LogP contribution in [-0.2, 0) is 12.3 Å². The fourth-order valence-corrected chi connectivity index (χ4v) is 1.67. The molecule has 0 saturated heterocycles. The largest absolute Gasteiger partial charge is 0.493 e. The second kappa shape index (κ2) is 6.26. The number of ether oxygens (including phenoxy) is 1. The summed E-state index contributed by atoms with van der Waals surface area (Å²) in [7, 11) is 0. The molecule has 0 atom stereocenters. The lowest BCUT2D eigenvalue weighted by atomic mass is 10.2. The van der Waals surface area contributed by atoms with Crippen LogP contribution in [0, 0.1) is 0 Å². The van der Waals surface area contributed by atoms with Gasteiger partial charge in [-0.15, -0.1) is 11.6 Å². The Morgan fingerprint density at radius 1 is 1.06 bits per heavy atom. The Hall–Kier alpha value is -1.54. The van der Waals surface area contributed by atoms with E-state index in [4.69, 9.17) is 16.3 Å². The quantitative estimate of drug-likeness (QED) is 0.755. The maximum Gasteiger partial charge on any atom is 0.119 e. The van der Waals surface area contributed by atoms with Crippen LogP contribution in [0.4, 0.5) is 0 Å². The molecule has 0 bridgehead atoms. The highest BCUT2D eigenvalue weighted by Gasteiger charge is 1.96. The van der Waals surface area contributed by atoms with Crippen molar-refractivity contribution in [1.29, 1.82) is 0 Å². The van der Waals surface area contributed by atoms with Gasteiger partial charge in [0, 0.05) is 24.2 Å². The molecule has 0 unspecified atom stereocenters. The van der Waals surface area contributed by atoms with E-state index in [0.717, 1.165) is 23.4 Å². The molecule has 0 spiro atoms. The van der Waals surface area contributed by atoms with Crippen molar-refractivity contribution in [1.82, 2.24) is 4.98 Å². The second-order valence-electron chi connectivity index (χ2n) is 3.70. The summed E-state index contributed by atoms with van der Waals surface area (Å²) < 4.78 is 5.63. The van der Waals surface area contributed by atoms with Crippen LogP contribution in [0.25, 0.3) is 0 Å². The third kappa shape index (κ3) is 3.75. The Bertz CT molecular complexity index is 442. The average Bonchev–Trinajstić information content (AvgIpc) is 2.41. The van der Waals surface area contributed by atoms with Crippen molar-refractivity contribution in [3.8, 4) is 5.75 Å². The van der Waals surface area contributed by atoms with Crippen LogP contribution in [0.15, 0.2) is 48.7 Å². The third-order valence-corrected chi connectivity index (χ3v) is 2.74. The molecule has 1 aromatic carbocycles. The zero-order valence-corrected chi connectivity index (χ0v) is 10.2. The molecule has 1 heterocycles. The van der Waals surface area contributed by atoms with E-state index >= 15 is 0 Å². The van der Waals surface area contributed by atoms with E-state index in [0.29, 0.717) is 12.5 Å². The normalized spacial score (nSPS) is 10.2. The Labute approximate surface area is 106 Å². The molecule has 0 fully saturated rings. The predicted molar refractivity (Wildman–Crippen MR) is 69.4 cm³/mol. The summed E-state index contributed by atoms with van der Waals surface area (Å²) in [4.78, 5) is 4.24. The van der Waals surface area contributed by atoms with Crippen molar-refractivity contribution < 1.29 is 4.74 Å². The van der Waals surface area contributed by atoms with Gasteiger partial charge in [0.15, 0.2) is 0 Å².